The lowest BCUT2D eigenvalue weighted by Gasteiger charge is -2.21. The Morgan fingerprint density at radius 1 is 1.50 bits per heavy atom. The average Bonchev–Trinajstić information content (AvgIpc) is 2.54. The molecular formula is C8H11N3S. The van der Waals surface area contributed by atoms with Gasteiger partial charge in [0.1, 0.15) is 5.82 Å². The van der Waals surface area contributed by atoms with Crippen molar-refractivity contribution in [3.8, 4) is 0 Å². The fourth-order valence-electron chi connectivity index (χ4n) is 1.23. The highest BCUT2D eigenvalue weighted by atomic mass is 32.1. The molecule has 0 amide bonds. The molecule has 0 spiro atoms. The summed E-state index contributed by atoms with van der Waals surface area (Å²) in [4.78, 5) is 6.59. The molecule has 0 unspecified atom stereocenters. The van der Waals surface area contributed by atoms with E-state index < -0.39 is 0 Å². The Kier molecular flexibility index (Phi) is 2.08. The first-order chi connectivity index (χ1) is 5.86. The van der Waals surface area contributed by atoms with E-state index in [9.17, 15) is 0 Å². The first kappa shape index (κ1) is 7.73. The molecule has 2 rings (SSSR count). The van der Waals surface area contributed by atoms with Gasteiger partial charge in [-0.2, -0.15) is 4.37 Å². The predicted octanol–water partition coefficient (Wildman–Crippen LogP) is 1.61. The summed E-state index contributed by atoms with van der Waals surface area (Å²) in [5.41, 5.74) is 0. The topological polar surface area (TPSA) is 29.0 Å². The Morgan fingerprint density at radius 2 is 2.42 bits per heavy atom. The molecule has 0 saturated heterocycles. The van der Waals surface area contributed by atoms with Crippen LogP contribution in [0.4, 0.5) is 5.13 Å². The van der Waals surface area contributed by atoms with Crippen molar-refractivity contribution in [2.75, 3.05) is 18.0 Å². The summed E-state index contributed by atoms with van der Waals surface area (Å²) in [6.07, 6.45) is 5.52. The highest BCUT2D eigenvalue weighted by molar-refractivity contribution is 7.09. The van der Waals surface area contributed by atoms with Crippen LogP contribution in [0.3, 0.4) is 0 Å². The number of anilines is 1. The molecule has 0 N–H and O–H groups in total. The van der Waals surface area contributed by atoms with E-state index in [4.69, 9.17) is 0 Å². The molecule has 1 aliphatic heterocycles. The first-order valence-electron chi connectivity index (χ1n) is 4.06. The van der Waals surface area contributed by atoms with E-state index >= 15 is 0 Å². The van der Waals surface area contributed by atoms with E-state index in [-0.39, 0.29) is 0 Å². The van der Waals surface area contributed by atoms with Gasteiger partial charge in [0.25, 0.3) is 0 Å². The number of aryl methyl sites for hydroxylation is 1. The van der Waals surface area contributed by atoms with Crippen LogP contribution in [-0.4, -0.2) is 22.4 Å². The van der Waals surface area contributed by atoms with E-state index in [1.54, 1.807) is 0 Å². The lowest BCUT2D eigenvalue weighted by molar-refractivity contribution is 0.814. The summed E-state index contributed by atoms with van der Waals surface area (Å²) in [7, 11) is 0. The van der Waals surface area contributed by atoms with Gasteiger partial charge in [0.15, 0.2) is 0 Å². The predicted molar refractivity (Wildman–Crippen MR) is 50.6 cm³/mol. The molecule has 0 fully saturated rings. The van der Waals surface area contributed by atoms with E-state index in [1.165, 1.54) is 11.5 Å². The van der Waals surface area contributed by atoms with Gasteiger partial charge in [-0.1, -0.05) is 12.2 Å². The molecule has 3 nitrogen and oxygen atoms in total. The standard InChI is InChI=1S/C8H11N3S/c1-7-9-8(12-10-7)11-5-3-2-4-6-11/h2-3H,4-6H2,1H3. The van der Waals surface area contributed by atoms with Crippen LogP contribution in [0.15, 0.2) is 12.2 Å². The monoisotopic (exact) mass is 181 g/mol. The van der Waals surface area contributed by atoms with E-state index in [2.05, 4.69) is 26.4 Å². The second kappa shape index (κ2) is 3.23. The van der Waals surface area contributed by atoms with Gasteiger partial charge in [0.05, 0.1) is 0 Å². The minimum absolute atomic E-state index is 0.879. The Morgan fingerprint density at radius 3 is 3.00 bits per heavy atom. The van der Waals surface area contributed by atoms with Gasteiger partial charge in [-0.25, -0.2) is 4.98 Å². The third-order valence-electron chi connectivity index (χ3n) is 1.85. The molecule has 0 aromatic carbocycles. The van der Waals surface area contributed by atoms with Crippen LogP contribution in [0, 0.1) is 6.92 Å². The van der Waals surface area contributed by atoms with Crippen LogP contribution in [0.25, 0.3) is 0 Å². The number of aromatic nitrogens is 2. The zero-order valence-electron chi connectivity index (χ0n) is 7.03. The van der Waals surface area contributed by atoms with Crippen LogP contribution in [0.5, 0.6) is 0 Å². The molecule has 1 aromatic rings. The minimum atomic E-state index is 0.879. The van der Waals surface area contributed by atoms with Gasteiger partial charge in [-0.3, -0.25) is 0 Å². The fraction of sp³-hybridized carbons (Fsp3) is 0.500. The Labute approximate surface area is 75.9 Å². The second-order valence-corrected chi connectivity index (χ2v) is 3.56. The highest BCUT2D eigenvalue weighted by Crippen LogP contribution is 2.18. The van der Waals surface area contributed by atoms with Gasteiger partial charge >= 0.3 is 0 Å². The third-order valence-corrected chi connectivity index (χ3v) is 2.71. The molecule has 0 aliphatic carbocycles. The Bertz CT molecular complexity index is 292. The maximum Gasteiger partial charge on any atom is 0.205 e. The fourth-order valence-corrected chi connectivity index (χ4v) is 1.94. The van der Waals surface area contributed by atoms with Crippen molar-refractivity contribution in [2.45, 2.75) is 13.3 Å². The van der Waals surface area contributed by atoms with Gasteiger partial charge < -0.3 is 4.90 Å². The third kappa shape index (κ3) is 1.48. The first-order valence-corrected chi connectivity index (χ1v) is 4.84. The Hall–Kier alpha value is -0.900. The maximum absolute atomic E-state index is 4.33. The van der Waals surface area contributed by atoms with Gasteiger partial charge in [-0.05, 0) is 13.3 Å². The van der Waals surface area contributed by atoms with Crippen molar-refractivity contribution in [2.24, 2.45) is 0 Å². The van der Waals surface area contributed by atoms with Crippen molar-refractivity contribution in [3.63, 3.8) is 0 Å². The van der Waals surface area contributed by atoms with Crippen LogP contribution in [0.2, 0.25) is 0 Å². The summed E-state index contributed by atoms with van der Waals surface area (Å²) in [5, 5.41) is 1.05. The molecule has 0 bridgehead atoms. The average molecular weight is 181 g/mol. The lowest BCUT2D eigenvalue weighted by Crippen LogP contribution is -2.26. The van der Waals surface area contributed by atoms with Gasteiger partial charge in [0, 0.05) is 24.6 Å². The number of hydrogen-bond donors (Lipinski definition) is 0. The van der Waals surface area contributed by atoms with E-state index in [1.807, 2.05) is 6.92 Å². The zero-order chi connectivity index (χ0) is 8.39. The van der Waals surface area contributed by atoms with Crippen molar-refractivity contribution in [1.82, 2.24) is 9.36 Å². The molecule has 0 atom stereocenters. The lowest BCUT2D eigenvalue weighted by atomic mass is 10.3. The van der Waals surface area contributed by atoms with Crippen LogP contribution < -0.4 is 4.90 Å². The molecule has 0 radical (unpaired) electrons. The number of nitrogens with zero attached hydrogens (tertiary/aromatic N) is 3. The smallest absolute Gasteiger partial charge is 0.205 e. The van der Waals surface area contributed by atoms with Gasteiger partial charge in [-0.15, -0.1) is 0 Å². The zero-order valence-corrected chi connectivity index (χ0v) is 7.84. The maximum atomic E-state index is 4.33. The molecule has 2 heterocycles. The second-order valence-electron chi connectivity index (χ2n) is 2.83. The highest BCUT2D eigenvalue weighted by Gasteiger charge is 2.10. The minimum Gasteiger partial charge on any atom is -0.343 e. The van der Waals surface area contributed by atoms with E-state index in [0.29, 0.717) is 0 Å². The van der Waals surface area contributed by atoms with Crippen molar-refractivity contribution in [1.29, 1.82) is 0 Å². The number of hydrogen-bond acceptors (Lipinski definition) is 4. The molecule has 1 aliphatic rings. The van der Waals surface area contributed by atoms with Crippen LogP contribution in [0.1, 0.15) is 12.2 Å². The van der Waals surface area contributed by atoms with Crippen LogP contribution >= 0.6 is 11.5 Å². The van der Waals surface area contributed by atoms with E-state index in [0.717, 1.165) is 30.5 Å². The van der Waals surface area contributed by atoms with Gasteiger partial charge in [0.2, 0.25) is 5.13 Å². The molecule has 64 valence electrons. The summed E-state index contributed by atoms with van der Waals surface area (Å²) >= 11 is 1.49. The van der Waals surface area contributed by atoms with Crippen LogP contribution in [-0.2, 0) is 0 Å². The van der Waals surface area contributed by atoms with Crippen molar-refractivity contribution >= 4 is 16.7 Å². The summed E-state index contributed by atoms with van der Waals surface area (Å²) < 4.78 is 4.16. The summed E-state index contributed by atoms with van der Waals surface area (Å²) in [6, 6.07) is 0. The van der Waals surface area contributed by atoms with Crippen molar-refractivity contribution in [3.05, 3.63) is 18.0 Å². The summed E-state index contributed by atoms with van der Waals surface area (Å²) in [5.74, 6) is 0.879. The molecular weight excluding hydrogens is 170 g/mol. The van der Waals surface area contributed by atoms with Crippen molar-refractivity contribution < 1.29 is 0 Å². The SMILES string of the molecule is Cc1nsc(N2CC=CCC2)n1. The quantitative estimate of drug-likeness (QED) is 0.616. The normalized spacial score (nSPS) is 16.9. The molecule has 1 aromatic heterocycles. The molecule has 12 heavy (non-hydrogen) atoms. The Balaban J connectivity index is 2.14. The largest absolute Gasteiger partial charge is 0.343 e. The number of rotatable bonds is 1. The molecule has 4 heteroatoms. The summed E-state index contributed by atoms with van der Waals surface area (Å²) in [6.45, 7) is 3.99. The molecule has 0 saturated carbocycles.